The second-order valence-corrected chi connectivity index (χ2v) is 7.82. The van der Waals surface area contributed by atoms with Crippen LogP contribution in [0.3, 0.4) is 0 Å². The summed E-state index contributed by atoms with van der Waals surface area (Å²) in [5, 5.41) is 0. The largest absolute Gasteiger partial charge is 0.466 e. The first-order valence-electron chi connectivity index (χ1n) is 6.98. The lowest BCUT2D eigenvalue weighted by molar-refractivity contribution is -0.134. The third kappa shape index (κ3) is 5.36. The zero-order valence-corrected chi connectivity index (χ0v) is 15.0. The Hall–Kier alpha value is -1.88. The number of rotatable bonds is 7. The van der Waals surface area contributed by atoms with E-state index in [9.17, 15) is 9.36 Å². The first-order chi connectivity index (χ1) is 10.8. The van der Waals surface area contributed by atoms with Gasteiger partial charge in [-0.1, -0.05) is 36.4 Å². The zero-order valence-electron chi connectivity index (χ0n) is 14.1. The lowest BCUT2D eigenvalue weighted by Crippen LogP contribution is -2.22. The number of carbonyl (C=O) groups excluding carboxylic acids is 1. The van der Waals surface area contributed by atoms with Crippen molar-refractivity contribution < 1.29 is 18.6 Å². The Morgan fingerprint density at radius 3 is 2.13 bits per heavy atom. The normalized spacial score (nSPS) is 12.9. The Kier molecular flexibility index (Phi) is 7.23. The van der Waals surface area contributed by atoms with Crippen molar-refractivity contribution in [2.45, 2.75) is 0 Å². The molecule has 0 saturated carbocycles. The summed E-state index contributed by atoms with van der Waals surface area (Å²) >= 11 is 0. The van der Waals surface area contributed by atoms with Crippen LogP contribution in [0.15, 0.2) is 48.6 Å². The molecule has 0 unspecified atom stereocenters. The van der Waals surface area contributed by atoms with Crippen LogP contribution in [-0.4, -0.2) is 50.6 Å². The molecule has 0 atom stereocenters. The number of methoxy groups -OCH3 is 1. The van der Waals surface area contributed by atoms with Gasteiger partial charge in [0.1, 0.15) is 5.76 Å². The van der Waals surface area contributed by atoms with Crippen LogP contribution in [0.5, 0.6) is 0 Å². The average Bonchev–Trinajstić information content (AvgIpc) is 2.53. The standard InChI is InChI=1S/C16H23N2O4P/c1-17(2)23(20,18(3)4)22-15(12-9-13-16(19)21-5)14-10-7-6-8-11-14/h6-13H,1-5H3/b13-9+,15-12-. The summed E-state index contributed by atoms with van der Waals surface area (Å²) in [6.45, 7) is 0. The highest BCUT2D eigenvalue weighted by molar-refractivity contribution is 7.54. The molecule has 0 aliphatic rings. The van der Waals surface area contributed by atoms with Gasteiger partial charge >= 0.3 is 13.6 Å². The summed E-state index contributed by atoms with van der Waals surface area (Å²) in [7, 11) is 4.85. The van der Waals surface area contributed by atoms with Gasteiger partial charge in [0, 0.05) is 11.6 Å². The van der Waals surface area contributed by atoms with Crippen LogP contribution in [-0.2, 0) is 18.6 Å². The zero-order chi connectivity index (χ0) is 17.5. The van der Waals surface area contributed by atoms with E-state index >= 15 is 0 Å². The molecule has 0 aliphatic carbocycles. The quantitative estimate of drug-likeness (QED) is 0.250. The van der Waals surface area contributed by atoms with E-state index in [0.717, 1.165) is 5.56 Å². The van der Waals surface area contributed by atoms with Gasteiger partial charge in [-0.15, -0.1) is 0 Å². The van der Waals surface area contributed by atoms with Gasteiger partial charge in [0.25, 0.3) is 0 Å². The molecule has 0 spiro atoms. The number of nitrogens with zero attached hydrogens (tertiary/aromatic N) is 2. The monoisotopic (exact) mass is 338 g/mol. The van der Waals surface area contributed by atoms with Crippen LogP contribution in [0, 0.1) is 0 Å². The Morgan fingerprint density at radius 1 is 1.09 bits per heavy atom. The molecule has 0 heterocycles. The summed E-state index contributed by atoms with van der Waals surface area (Å²) in [6, 6.07) is 9.27. The van der Waals surface area contributed by atoms with E-state index in [-0.39, 0.29) is 0 Å². The molecule has 0 saturated heterocycles. The number of hydrogen-bond acceptors (Lipinski definition) is 4. The van der Waals surface area contributed by atoms with Crippen molar-refractivity contribution in [2.24, 2.45) is 0 Å². The minimum absolute atomic E-state index is 0.400. The lowest BCUT2D eigenvalue weighted by Gasteiger charge is -2.30. The van der Waals surface area contributed by atoms with Crippen molar-refractivity contribution in [1.82, 2.24) is 9.34 Å². The van der Waals surface area contributed by atoms with E-state index in [4.69, 9.17) is 4.52 Å². The summed E-state index contributed by atoms with van der Waals surface area (Å²) in [4.78, 5) is 11.2. The third-order valence-corrected chi connectivity index (χ3v) is 5.42. The van der Waals surface area contributed by atoms with E-state index in [1.165, 1.54) is 28.6 Å². The maximum absolute atomic E-state index is 13.0. The van der Waals surface area contributed by atoms with E-state index < -0.39 is 13.6 Å². The Bertz CT molecular complexity index is 612. The Balaban J connectivity index is 3.20. The van der Waals surface area contributed by atoms with E-state index in [1.807, 2.05) is 30.3 Å². The average molecular weight is 338 g/mol. The fourth-order valence-corrected chi connectivity index (χ4v) is 3.18. The first-order valence-corrected chi connectivity index (χ1v) is 8.51. The van der Waals surface area contributed by atoms with E-state index in [0.29, 0.717) is 5.76 Å². The molecule has 7 heteroatoms. The Labute approximate surface area is 137 Å². The lowest BCUT2D eigenvalue weighted by atomic mass is 10.2. The fourth-order valence-electron chi connectivity index (χ4n) is 1.71. The maximum atomic E-state index is 13.0. The number of benzene rings is 1. The molecule has 1 aromatic carbocycles. The maximum Gasteiger partial charge on any atom is 0.394 e. The summed E-state index contributed by atoms with van der Waals surface area (Å²) in [5.41, 5.74) is 0.756. The minimum Gasteiger partial charge on any atom is -0.466 e. The summed E-state index contributed by atoms with van der Waals surface area (Å²) in [5.74, 6) is -0.0754. The van der Waals surface area contributed by atoms with Crippen molar-refractivity contribution in [3.05, 3.63) is 54.1 Å². The molecule has 1 rings (SSSR count). The molecule has 1 aromatic rings. The van der Waals surface area contributed by atoms with E-state index in [2.05, 4.69) is 4.74 Å². The van der Waals surface area contributed by atoms with Gasteiger partial charge < -0.3 is 9.26 Å². The van der Waals surface area contributed by atoms with Crippen molar-refractivity contribution in [2.75, 3.05) is 35.3 Å². The number of carbonyl (C=O) groups is 1. The van der Waals surface area contributed by atoms with Crippen LogP contribution in [0.25, 0.3) is 5.76 Å². The SMILES string of the molecule is COC(=O)/C=C/C=C(\OP(=O)(N(C)C)N(C)C)c1ccccc1. The number of ether oxygens (including phenoxy) is 1. The van der Waals surface area contributed by atoms with Crippen molar-refractivity contribution in [3.8, 4) is 0 Å². The summed E-state index contributed by atoms with van der Waals surface area (Å²) in [6.07, 6.45) is 4.36. The van der Waals surface area contributed by atoms with Crippen molar-refractivity contribution >= 4 is 19.4 Å². The molecular formula is C16H23N2O4P. The van der Waals surface area contributed by atoms with Gasteiger partial charge in [-0.3, -0.25) is 0 Å². The third-order valence-electron chi connectivity index (χ3n) is 2.97. The predicted molar refractivity (Wildman–Crippen MR) is 91.6 cm³/mol. The van der Waals surface area contributed by atoms with Gasteiger partial charge in [-0.2, -0.15) is 0 Å². The van der Waals surface area contributed by atoms with Crippen LogP contribution >= 0.6 is 7.67 Å². The molecule has 0 amide bonds. The second kappa shape index (κ2) is 8.67. The highest BCUT2D eigenvalue weighted by atomic mass is 31.2. The topological polar surface area (TPSA) is 59.1 Å². The molecular weight excluding hydrogens is 315 g/mol. The molecule has 0 fully saturated rings. The van der Waals surface area contributed by atoms with Crippen LogP contribution in [0.1, 0.15) is 5.56 Å². The second-order valence-electron chi connectivity index (χ2n) is 5.06. The van der Waals surface area contributed by atoms with Crippen LogP contribution in [0.2, 0.25) is 0 Å². The van der Waals surface area contributed by atoms with Crippen LogP contribution < -0.4 is 0 Å². The van der Waals surface area contributed by atoms with Gasteiger partial charge in [-0.25, -0.2) is 18.7 Å². The van der Waals surface area contributed by atoms with Gasteiger partial charge in [-0.05, 0) is 34.3 Å². The van der Waals surface area contributed by atoms with Gasteiger partial charge in [0.15, 0.2) is 0 Å². The minimum atomic E-state index is -3.21. The molecule has 0 aliphatic heterocycles. The molecule has 6 nitrogen and oxygen atoms in total. The highest BCUT2D eigenvalue weighted by Crippen LogP contribution is 2.53. The van der Waals surface area contributed by atoms with Gasteiger partial charge in [0.05, 0.1) is 7.11 Å². The Morgan fingerprint density at radius 2 is 1.65 bits per heavy atom. The molecule has 0 radical (unpaired) electrons. The molecule has 0 N–H and O–H groups in total. The predicted octanol–water partition coefficient (Wildman–Crippen LogP) is 3.00. The van der Waals surface area contributed by atoms with Gasteiger partial charge in [0.2, 0.25) is 0 Å². The molecule has 126 valence electrons. The smallest absolute Gasteiger partial charge is 0.394 e. The van der Waals surface area contributed by atoms with E-state index in [1.54, 1.807) is 34.3 Å². The number of allylic oxidation sites excluding steroid dienone is 2. The van der Waals surface area contributed by atoms with Crippen LogP contribution in [0.4, 0.5) is 0 Å². The fraction of sp³-hybridized carbons (Fsp3) is 0.312. The molecule has 0 aromatic heterocycles. The first kappa shape index (κ1) is 19.2. The number of esters is 1. The molecule has 0 bridgehead atoms. The summed E-state index contributed by atoms with van der Waals surface area (Å²) < 4.78 is 26.5. The molecule has 23 heavy (non-hydrogen) atoms. The number of hydrogen-bond donors (Lipinski definition) is 0. The highest BCUT2D eigenvalue weighted by Gasteiger charge is 2.32. The van der Waals surface area contributed by atoms with Crippen molar-refractivity contribution in [1.29, 1.82) is 0 Å². The van der Waals surface area contributed by atoms with Crippen molar-refractivity contribution in [3.63, 3.8) is 0 Å².